The van der Waals surface area contributed by atoms with Crippen molar-refractivity contribution in [2.24, 2.45) is 0 Å². The minimum Gasteiger partial charge on any atom is -0.271 e. The second-order valence-corrected chi connectivity index (χ2v) is 6.38. The molecule has 1 atom stereocenters. The zero-order valence-corrected chi connectivity index (χ0v) is 14.6. The maximum atomic E-state index is 13.0. The van der Waals surface area contributed by atoms with Gasteiger partial charge in [-0.2, -0.15) is 10.4 Å². The van der Waals surface area contributed by atoms with Crippen LogP contribution in [-0.2, 0) is 0 Å². The molecule has 0 N–H and O–H groups in total. The maximum absolute atomic E-state index is 13.0. The first kappa shape index (κ1) is 16.2. The summed E-state index contributed by atoms with van der Waals surface area (Å²) in [7, 11) is 0. The lowest BCUT2D eigenvalue weighted by Crippen LogP contribution is -2.22. The standard InChI is InChI=1S/C19H14BrN3O/c1-13-9-10-23(22-13)19(24)18(15-5-7-17(20)8-6-15)16-4-2-3-14(11-16)12-21/h2-11,18H,1H3. The average molecular weight is 380 g/mol. The van der Waals surface area contributed by atoms with Crippen molar-refractivity contribution in [3.8, 4) is 6.07 Å². The van der Waals surface area contributed by atoms with E-state index >= 15 is 0 Å². The van der Waals surface area contributed by atoms with Crippen LogP contribution in [0.15, 0.2) is 65.3 Å². The summed E-state index contributed by atoms with van der Waals surface area (Å²) in [6.07, 6.45) is 1.66. The Morgan fingerprint density at radius 2 is 1.92 bits per heavy atom. The van der Waals surface area contributed by atoms with Crippen molar-refractivity contribution in [1.82, 2.24) is 9.78 Å². The number of benzene rings is 2. The Labute approximate surface area is 148 Å². The van der Waals surface area contributed by atoms with Crippen LogP contribution in [0, 0.1) is 18.3 Å². The molecule has 1 unspecified atom stereocenters. The summed E-state index contributed by atoms with van der Waals surface area (Å²) >= 11 is 3.41. The highest BCUT2D eigenvalue weighted by atomic mass is 79.9. The molecule has 5 heteroatoms. The van der Waals surface area contributed by atoms with Gasteiger partial charge in [-0.05, 0) is 48.4 Å². The highest BCUT2D eigenvalue weighted by Gasteiger charge is 2.25. The van der Waals surface area contributed by atoms with Crippen molar-refractivity contribution in [2.45, 2.75) is 12.8 Å². The van der Waals surface area contributed by atoms with Crippen LogP contribution in [0.1, 0.15) is 33.1 Å². The average Bonchev–Trinajstić information content (AvgIpc) is 3.03. The summed E-state index contributed by atoms with van der Waals surface area (Å²) in [5, 5.41) is 13.4. The molecule has 0 bridgehead atoms. The third-order valence-corrected chi connectivity index (χ3v) is 4.28. The van der Waals surface area contributed by atoms with Crippen molar-refractivity contribution in [2.75, 3.05) is 0 Å². The Morgan fingerprint density at radius 1 is 1.17 bits per heavy atom. The smallest absolute Gasteiger partial charge is 0.258 e. The third-order valence-electron chi connectivity index (χ3n) is 3.75. The molecular weight excluding hydrogens is 366 g/mol. The van der Waals surface area contributed by atoms with E-state index in [1.54, 1.807) is 30.5 Å². The number of carbonyl (C=O) groups excluding carboxylic acids is 1. The van der Waals surface area contributed by atoms with Gasteiger partial charge in [0.2, 0.25) is 0 Å². The molecule has 3 rings (SSSR count). The lowest BCUT2D eigenvalue weighted by atomic mass is 9.89. The maximum Gasteiger partial charge on any atom is 0.258 e. The third kappa shape index (κ3) is 3.29. The number of rotatable bonds is 3. The van der Waals surface area contributed by atoms with Gasteiger partial charge in [-0.25, -0.2) is 4.68 Å². The van der Waals surface area contributed by atoms with Crippen LogP contribution >= 0.6 is 15.9 Å². The van der Waals surface area contributed by atoms with Gasteiger partial charge in [0.05, 0.1) is 23.2 Å². The van der Waals surface area contributed by atoms with Crippen LogP contribution in [-0.4, -0.2) is 15.7 Å². The molecule has 0 saturated carbocycles. The minimum atomic E-state index is -0.523. The van der Waals surface area contributed by atoms with Gasteiger partial charge in [0.25, 0.3) is 5.91 Å². The molecule has 0 radical (unpaired) electrons. The van der Waals surface area contributed by atoms with E-state index in [1.165, 1.54) is 4.68 Å². The highest BCUT2D eigenvalue weighted by molar-refractivity contribution is 9.10. The molecule has 0 amide bonds. The van der Waals surface area contributed by atoms with Crippen molar-refractivity contribution < 1.29 is 4.79 Å². The summed E-state index contributed by atoms with van der Waals surface area (Å²) in [6.45, 7) is 1.84. The highest BCUT2D eigenvalue weighted by Crippen LogP contribution is 2.28. The van der Waals surface area contributed by atoms with Gasteiger partial charge in [-0.3, -0.25) is 4.79 Å². The summed E-state index contributed by atoms with van der Waals surface area (Å²) in [5.41, 5.74) is 2.93. The van der Waals surface area contributed by atoms with Crippen LogP contribution in [0.25, 0.3) is 0 Å². The number of carbonyl (C=O) groups is 1. The summed E-state index contributed by atoms with van der Waals surface area (Å²) in [5.74, 6) is -0.675. The number of aryl methyl sites for hydroxylation is 1. The van der Waals surface area contributed by atoms with E-state index in [9.17, 15) is 4.79 Å². The molecule has 0 aliphatic rings. The van der Waals surface area contributed by atoms with Gasteiger partial charge in [0, 0.05) is 10.7 Å². The Balaban J connectivity index is 2.11. The molecule has 4 nitrogen and oxygen atoms in total. The molecular formula is C19H14BrN3O. The summed E-state index contributed by atoms with van der Waals surface area (Å²) in [4.78, 5) is 13.0. The molecule has 1 heterocycles. The lowest BCUT2D eigenvalue weighted by Gasteiger charge is -2.17. The van der Waals surface area contributed by atoms with E-state index in [0.717, 1.165) is 21.3 Å². The number of aromatic nitrogens is 2. The van der Waals surface area contributed by atoms with Crippen LogP contribution in [0.4, 0.5) is 0 Å². The summed E-state index contributed by atoms with van der Waals surface area (Å²) < 4.78 is 2.30. The molecule has 0 aliphatic heterocycles. The fourth-order valence-electron chi connectivity index (χ4n) is 2.59. The lowest BCUT2D eigenvalue weighted by molar-refractivity contribution is 0.0876. The zero-order chi connectivity index (χ0) is 17.1. The molecule has 2 aromatic carbocycles. The fourth-order valence-corrected chi connectivity index (χ4v) is 2.86. The van der Waals surface area contributed by atoms with E-state index in [2.05, 4.69) is 27.1 Å². The first-order chi connectivity index (χ1) is 11.6. The van der Waals surface area contributed by atoms with Gasteiger partial charge in [0.15, 0.2) is 0 Å². The molecule has 0 saturated heterocycles. The molecule has 3 aromatic rings. The first-order valence-electron chi connectivity index (χ1n) is 7.40. The quantitative estimate of drug-likeness (QED) is 0.681. The number of nitrogens with zero attached hydrogens (tertiary/aromatic N) is 3. The predicted molar refractivity (Wildman–Crippen MR) is 94.7 cm³/mol. The van der Waals surface area contributed by atoms with Crippen LogP contribution in [0.3, 0.4) is 0 Å². The minimum absolute atomic E-state index is 0.152. The number of nitriles is 1. The van der Waals surface area contributed by atoms with Gasteiger partial charge < -0.3 is 0 Å². The number of halogens is 1. The van der Waals surface area contributed by atoms with Gasteiger partial charge >= 0.3 is 0 Å². The first-order valence-corrected chi connectivity index (χ1v) is 8.20. The Kier molecular flexibility index (Phi) is 4.59. The van der Waals surface area contributed by atoms with Crippen molar-refractivity contribution in [3.63, 3.8) is 0 Å². The monoisotopic (exact) mass is 379 g/mol. The van der Waals surface area contributed by atoms with Gasteiger partial charge in [-0.15, -0.1) is 0 Å². The number of hydrogen-bond acceptors (Lipinski definition) is 3. The van der Waals surface area contributed by atoms with Crippen molar-refractivity contribution >= 4 is 21.8 Å². The molecule has 24 heavy (non-hydrogen) atoms. The molecule has 0 spiro atoms. The Morgan fingerprint density at radius 3 is 2.54 bits per heavy atom. The van der Waals surface area contributed by atoms with Crippen molar-refractivity contribution in [3.05, 3.63) is 87.7 Å². The second kappa shape index (κ2) is 6.81. The Hall–Kier alpha value is -2.71. The number of hydrogen-bond donors (Lipinski definition) is 0. The topological polar surface area (TPSA) is 58.7 Å². The van der Waals surface area contributed by atoms with Crippen LogP contribution in [0.2, 0.25) is 0 Å². The molecule has 1 aromatic heterocycles. The van der Waals surface area contributed by atoms with Crippen LogP contribution in [0.5, 0.6) is 0 Å². The van der Waals surface area contributed by atoms with E-state index in [1.807, 2.05) is 37.3 Å². The van der Waals surface area contributed by atoms with Crippen molar-refractivity contribution in [1.29, 1.82) is 5.26 Å². The van der Waals surface area contributed by atoms with E-state index in [0.29, 0.717) is 5.56 Å². The largest absolute Gasteiger partial charge is 0.271 e. The molecule has 118 valence electrons. The van der Waals surface area contributed by atoms with E-state index in [4.69, 9.17) is 5.26 Å². The normalized spacial score (nSPS) is 11.7. The van der Waals surface area contributed by atoms with E-state index in [-0.39, 0.29) is 5.91 Å². The Bertz CT molecular complexity index is 922. The van der Waals surface area contributed by atoms with Gasteiger partial charge in [-0.1, -0.05) is 40.2 Å². The molecule has 0 aliphatic carbocycles. The second-order valence-electron chi connectivity index (χ2n) is 5.46. The van der Waals surface area contributed by atoms with Gasteiger partial charge in [0.1, 0.15) is 0 Å². The molecule has 0 fully saturated rings. The van der Waals surface area contributed by atoms with Crippen LogP contribution < -0.4 is 0 Å². The van der Waals surface area contributed by atoms with E-state index < -0.39 is 5.92 Å². The predicted octanol–water partition coefficient (Wildman–Crippen LogP) is 4.30. The zero-order valence-electron chi connectivity index (χ0n) is 13.0. The fraction of sp³-hybridized carbons (Fsp3) is 0.105. The SMILES string of the molecule is Cc1ccn(C(=O)C(c2ccc(Br)cc2)c2cccc(C#N)c2)n1. The summed E-state index contributed by atoms with van der Waals surface area (Å²) in [6, 6.07) is 18.7.